The molecule has 6 nitrogen and oxygen atoms in total. The van der Waals surface area contributed by atoms with E-state index in [0.717, 1.165) is 16.7 Å². The van der Waals surface area contributed by atoms with Gasteiger partial charge in [0.1, 0.15) is 11.8 Å². The lowest BCUT2D eigenvalue weighted by Gasteiger charge is -2.24. The van der Waals surface area contributed by atoms with Crippen LogP contribution in [0.4, 0.5) is 0 Å². The van der Waals surface area contributed by atoms with Crippen LogP contribution in [0.25, 0.3) is 5.76 Å². The van der Waals surface area contributed by atoms with Gasteiger partial charge in [-0.25, -0.2) is 0 Å². The molecule has 1 atom stereocenters. The van der Waals surface area contributed by atoms with Crippen molar-refractivity contribution in [3.8, 4) is 0 Å². The number of rotatable bonds is 4. The molecule has 1 unspecified atom stereocenters. The average molecular weight is 399 g/mol. The maximum absolute atomic E-state index is 13.1. The van der Waals surface area contributed by atoms with Crippen LogP contribution in [0, 0.1) is 13.8 Å². The van der Waals surface area contributed by atoms with Crippen LogP contribution in [-0.4, -0.2) is 31.7 Å². The van der Waals surface area contributed by atoms with Gasteiger partial charge in [-0.05, 0) is 55.3 Å². The lowest BCUT2D eigenvalue weighted by molar-refractivity contribution is -0.140. The van der Waals surface area contributed by atoms with E-state index in [9.17, 15) is 14.7 Å². The summed E-state index contributed by atoms with van der Waals surface area (Å²) in [5.74, 6) is -1.55. The molecule has 0 aliphatic carbocycles. The van der Waals surface area contributed by atoms with Crippen molar-refractivity contribution >= 4 is 17.4 Å². The molecule has 150 valence electrons. The molecule has 30 heavy (non-hydrogen) atoms. The zero-order valence-corrected chi connectivity index (χ0v) is 16.7. The van der Waals surface area contributed by atoms with E-state index in [4.69, 9.17) is 0 Å². The first kappa shape index (κ1) is 19.5. The zero-order valence-electron chi connectivity index (χ0n) is 16.7. The van der Waals surface area contributed by atoms with Gasteiger partial charge < -0.3 is 10.0 Å². The van der Waals surface area contributed by atoms with Gasteiger partial charge in [0.15, 0.2) is 0 Å². The Hall–Kier alpha value is -3.80. The van der Waals surface area contributed by atoms with E-state index in [1.807, 2.05) is 32.0 Å². The molecular weight excluding hydrogens is 378 g/mol. The van der Waals surface area contributed by atoms with Gasteiger partial charge in [0.2, 0.25) is 0 Å². The van der Waals surface area contributed by atoms with Gasteiger partial charge >= 0.3 is 0 Å². The lowest BCUT2D eigenvalue weighted by atomic mass is 9.95. The van der Waals surface area contributed by atoms with Crippen LogP contribution in [-0.2, 0) is 16.1 Å². The summed E-state index contributed by atoms with van der Waals surface area (Å²) in [6.45, 7) is 3.98. The summed E-state index contributed by atoms with van der Waals surface area (Å²) in [6, 6.07) is 13.8. The number of aliphatic hydroxyl groups excluding tert-OH is 1. The highest BCUT2D eigenvalue weighted by Crippen LogP contribution is 2.40. The predicted octanol–water partition coefficient (Wildman–Crippen LogP) is 3.72. The number of carbonyl (C=O) groups is 2. The molecule has 1 aromatic carbocycles. The Balaban J connectivity index is 1.89. The summed E-state index contributed by atoms with van der Waals surface area (Å²) in [7, 11) is 0. The van der Waals surface area contributed by atoms with Gasteiger partial charge in [-0.15, -0.1) is 0 Å². The second-order valence-corrected chi connectivity index (χ2v) is 7.36. The van der Waals surface area contributed by atoms with Crippen molar-refractivity contribution in [2.45, 2.75) is 26.4 Å². The van der Waals surface area contributed by atoms with E-state index in [1.165, 1.54) is 4.90 Å². The number of benzene rings is 1. The van der Waals surface area contributed by atoms with Crippen LogP contribution >= 0.6 is 0 Å². The Bertz CT molecular complexity index is 1140. The standard InChI is InChI=1S/C24H21N3O3/c1-15-6-7-16(2)18(13-15)22(28)20-21(19-5-3-4-10-26-19)27(24(30)23(20)29)14-17-8-11-25-12-9-17/h3-13,21,28H,14H2,1-2H3/b22-20+. The van der Waals surface area contributed by atoms with Crippen LogP contribution in [0.3, 0.4) is 0 Å². The zero-order chi connectivity index (χ0) is 21.3. The molecule has 0 radical (unpaired) electrons. The highest BCUT2D eigenvalue weighted by molar-refractivity contribution is 6.46. The minimum Gasteiger partial charge on any atom is -0.507 e. The number of hydrogen-bond acceptors (Lipinski definition) is 5. The van der Waals surface area contributed by atoms with E-state index >= 15 is 0 Å². The molecule has 6 heteroatoms. The van der Waals surface area contributed by atoms with Crippen molar-refractivity contribution in [3.63, 3.8) is 0 Å². The summed E-state index contributed by atoms with van der Waals surface area (Å²) < 4.78 is 0. The normalized spacial score (nSPS) is 18.1. The number of Topliss-reactive ketones (excluding diaryl/α,β-unsaturated/α-hetero) is 1. The second-order valence-electron chi connectivity index (χ2n) is 7.36. The molecule has 1 fully saturated rings. The molecule has 1 N–H and O–H groups in total. The largest absolute Gasteiger partial charge is 0.507 e. The molecular formula is C24H21N3O3. The number of aryl methyl sites for hydroxylation is 2. The Morgan fingerprint density at radius 3 is 2.50 bits per heavy atom. The van der Waals surface area contributed by atoms with Gasteiger partial charge in [0.05, 0.1) is 11.3 Å². The Morgan fingerprint density at radius 1 is 1.03 bits per heavy atom. The Labute approximate surface area is 174 Å². The maximum Gasteiger partial charge on any atom is 0.296 e. The van der Waals surface area contributed by atoms with E-state index in [-0.39, 0.29) is 17.9 Å². The molecule has 1 saturated heterocycles. The molecule has 0 bridgehead atoms. The average Bonchev–Trinajstić information content (AvgIpc) is 3.01. The van der Waals surface area contributed by atoms with E-state index in [2.05, 4.69) is 9.97 Å². The first-order valence-electron chi connectivity index (χ1n) is 9.63. The molecule has 1 amide bonds. The first-order chi connectivity index (χ1) is 14.5. The number of aliphatic hydroxyl groups is 1. The Kier molecular flexibility index (Phi) is 5.14. The van der Waals surface area contributed by atoms with Crippen LogP contribution in [0.2, 0.25) is 0 Å². The molecule has 3 heterocycles. The van der Waals surface area contributed by atoms with Crippen LogP contribution < -0.4 is 0 Å². The fraction of sp³-hybridized carbons (Fsp3) is 0.167. The SMILES string of the molecule is Cc1ccc(C)c(/C(O)=C2\C(=O)C(=O)N(Cc3ccncc3)C2c2ccccn2)c1. The van der Waals surface area contributed by atoms with Gasteiger partial charge in [0, 0.05) is 30.7 Å². The fourth-order valence-corrected chi connectivity index (χ4v) is 3.71. The number of hydrogen-bond donors (Lipinski definition) is 1. The minimum absolute atomic E-state index is 0.0569. The summed E-state index contributed by atoms with van der Waals surface area (Å²) in [5, 5.41) is 11.2. The molecule has 4 rings (SSSR count). The Morgan fingerprint density at radius 2 is 1.80 bits per heavy atom. The van der Waals surface area contributed by atoms with Crippen molar-refractivity contribution in [2.24, 2.45) is 0 Å². The van der Waals surface area contributed by atoms with E-state index in [1.54, 1.807) is 48.9 Å². The highest BCUT2D eigenvalue weighted by atomic mass is 16.3. The van der Waals surface area contributed by atoms with Gasteiger partial charge in [0.25, 0.3) is 11.7 Å². The molecule has 1 aliphatic rings. The quantitative estimate of drug-likeness (QED) is 0.411. The fourth-order valence-electron chi connectivity index (χ4n) is 3.71. The summed E-state index contributed by atoms with van der Waals surface area (Å²) in [6.07, 6.45) is 4.88. The van der Waals surface area contributed by atoms with Gasteiger partial charge in [-0.3, -0.25) is 19.6 Å². The summed E-state index contributed by atoms with van der Waals surface area (Å²) in [4.78, 5) is 35.9. The predicted molar refractivity (Wildman–Crippen MR) is 112 cm³/mol. The number of amides is 1. The number of pyridine rings is 2. The molecule has 1 aliphatic heterocycles. The smallest absolute Gasteiger partial charge is 0.296 e. The van der Waals surface area contributed by atoms with Crippen molar-refractivity contribution in [2.75, 3.05) is 0 Å². The van der Waals surface area contributed by atoms with E-state index in [0.29, 0.717) is 11.3 Å². The van der Waals surface area contributed by atoms with Crippen molar-refractivity contribution < 1.29 is 14.7 Å². The van der Waals surface area contributed by atoms with Crippen molar-refractivity contribution in [1.29, 1.82) is 0 Å². The topological polar surface area (TPSA) is 83.4 Å². The van der Waals surface area contributed by atoms with Crippen molar-refractivity contribution in [1.82, 2.24) is 14.9 Å². The number of ketones is 1. The van der Waals surface area contributed by atoms with Crippen molar-refractivity contribution in [3.05, 3.63) is 101 Å². The summed E-state index contributed by atoms with van der Waals surface area (Å²) >= 11 is 0. The van der Waals surface area contributed by atoms with Gasteiger partial charge in [-0.2, -0.15) is 0 Å². The molecule has 0 spiro atoms. The third kappa shape index (κ3) is 3.48. The number of likely N-dealkylation sites (tertiary alicyclic amines) is 1. The molecule has 2 aromatic heterocycles. The van der Waals surface area contributed by atoms with E-state index < -0.39 is 17.7 Å². The number of aromatic nitrogens is 2. The van der Waals surface area contributed by atoms with Crippen LogP contribution in [0.5, 0.6) is 0 Å². The third-order valence-electron chi connectivity index (χ3n) is 5.26. The second kappa shape index (κ2) is 7.91. The highest BCUT2D eigenvalue weighted by Gasteiger charge is 2.46. The lowest BCUT2D eigenvalue weighted by Crippen LogP contribution is -2.29. The van der Waals surface area contributed by atoms with Gasteiger partial charge in [-0.1, -0.05) is 23.8 Å². The first-order valence-corrected chi connectivity index (χ1v) is 9.63. The summed E-state index contributed by atoms with van der Waals surface area (Å²) in [5.41, 5.74) is 3.72. The van der Waals surface area contributed by atoms with Crippen LogP contribution in [0.15, 0.2) is 72.7 Å². The minimum atomic E-state index is -0.778. The molecule has 3 aromatic rings. The molecule has 0 saturated carbocycles. The monoisotopic (exact) mass is 399 g/mol. The maximum atomic E-state index is 13.1. The third-order valence-corrected chi connectivity index (χ3v) is 5.26. The number of carbonyl (C=O) groups excluding carboxylic acids is 2. The number of nitrogens with zero attached hydrogens (tertiary/aromatic N) is 3. The van der Waals surface area contributed by atoms with Crippen LogP contribution in [0.1, 0.15) is 34.0 Å².